The van der Waals surface area contributed by atoms with E-state index in [4.69, 9.17) is 19.2 Å². The predicted octanol–water partition coefficient (Wildman–Crippen LogP) is 5.68. The number of likely N-dealkylation sites (N-methyl/N-ethyl adjacent to an activating group) is 1. The van der Waals surface area contributed by atoms with Crippen LogP contribution in [0.15, 0.2) is 36.5 Å². The molecule has 4 aliphatic rings. The van der Waals surface area contributed by atoms with Crippen LogP contribution < -0.4 is 15.6 Å². The smallest absolute Gasteiger partial charge is 0.324 e. The lowest BCUT2D eigenvalue weighted by atomic mass is 9.84. The van der Waals surface area contributed by atoms with Gasteiger partial charge in [-0.15, -0.1) is 0 Å². The fraction of sp³-hybridized carbons (Fsp3) is 0.643. The molecule has 5 atom stereocenters. The molecule has 2 N–H and O–H groups in total. The Morgan fingerprint density at radius 2 is 1.77 bits per heavy atom. The van der Waals surface area contributed by atoms with Gasteiger partial charge in [0.05, 0.1) is 41.8 Å². The van der Waals surface area contributed by atoms with Crippen molar-refractivity contribution in [2.75, 3.05) is 79.1 Å². The van der Waals surface area contributed by atoms with Crippen molar-refractivity contribution in [2.45, 2.75) is 148 Å². The highest BCUT2D eigenvalue weighted by molar-refractivity contribution is 5.97. The molecule has 2 aromatic heterocycles. The Morgan fingerprint density at radius 3 is 2.43 bits per heavy atom. The van der Waals surface area contributed by atoms with Gasteiger partial charge in [0.15, 0.2) is 5.67 Å². The number of pyridine rings is 1. The number of alkyl halides is 1. The Labute approximate surface area is 437 Å². The molecule has 4 amide bonds. The van der Waals surface area contributed by atoms with Crippen LogP contribution in [0.1, 0.15) is 112 Å². The molecular weight excluding hydrogens is 946 g/mol. The molecule has 3 fully saturated rings. The van der Waals surface area contributed by atoms with E-state index in [0.29, 0.717) is 45.5 Å². The Balaban J connectivity index is 1.21. The number of hydrogen-bond donors (Lipinski definition) is 2. The van der Waals surface area contributed by atoms with Crippen LogP contribution in [0, 0.1) is 23.2 Å². The van der Waals surface area contributed by atoms with E-state index in [1.165, 1.54) is 17.0 Å². The summed E-state index contributed by atoms with van der Waals surface area (Å²) in [6, 6.07) is 7.32. The second-order valence-corrected chi connectivity index (χ2v) is 22.9. The van der Waals surface area contributed by atoms with E-state index < -0.39 is 75.9 Å². The molecule has 1 unspecified atom stereocenters. The summed E-state index contributed by atoms with van der Waals surface area (Å²) in [4.78, 5) is 82.6. The first kappa shape index (κ1) is 56.1. The molecule has 17 nitrogen and oxygen atoms in total. The number of piperidine rings is 1. The van der Waals surface area contributed by atoms with Gasteiger partial charge in [-0.05, 0) is 116 Å². The molecule has 4 aliphatic heterocycles. The second-order valence-electron chi connectivity index (χ2n) is 22.9. The van der Waals surface area contributed by atoms with Gasteiger partial charge in [-0.2, -0.15) is 0 Å². The summed E-state index contributed by atoms with van der Waals surface area (Å²) in [6.45, 7) is 19.8. The zero-order chi connectivity index (χ0) is 54.1. The standard InChI is InChI=1S/C56H80FN9O8/c1-14-65-44-20-19-38-31-40(44)41(48(65)39-17-15-25-58-46(39)37(4)72-13)32-53(5,6)35-73-51(70)42-18-16-26-66(60-42)50(69)43(33-55(9)34-64(38)29-30-74-55)59-49(68)47(36(2)3)62(12)52(71)56(57)23-27-63(28-24-56)45(67)21-22-54(7,8)61(10)11/h15,17,19-20,25,31,36-37,42-43,47,60H,14,16,18,23-24,26-30,32-35H2,1-13H3,(H,59,68)/t37-,42-,43-,47?,55-/m0/s1. The predicted molar refractivity (Wildman–Crippen MR) is 282 cm³/mol. The number of nitrogens with zero attached hydrogens (tertiary/aromatic N) is 7. The van der Waals surface area contributed by atoms with Crippen molar-refractivity contribution in [3.05, 3.63) is 47.8 Å². The van der Waals surface area contributed by atoms with Crippen LogP contribution in [0.5, 0.6) is 0 Å². The summed E-state index contributed by atoms with van der Waals surface area (Å²) >= 11 is 0. The van der Waals surface area contributed by atoms with Crippen LogP contribution in [-0.4, -0.2) is 168 Å². The van der Waals surface area contributed by atoms with Gasteiger partial charge in [0.25, 0.3) is 17.7 Å². The minimum Gasteiger partial charge on any atom is -0.464 e. The lowest BCUT2D eigenvalue weighted by Crippen LogP contribution is -2.64. The van der Waals surface area contributed by atoms with Crippen molar-refractivity contribution in [1.82, 2.24) is 40.0 Å². The van der Waals surface area contributed by atoms with E-state index in [9.17, 15) is 24.0 Å². The summed E-state index contributed by atoms with van der Waals surface area (Å²) < 4.78 is 37.7. The first-order chi connectivity index (χ1) is 34.8. The third-order valence-corrected chi connectivity index (χ3v) is 15.7. The van der Waals surface area contributed by atoms with Crippen LogP contribution in [0.2, 0.25) is 0 Å². The first-order valence-corrected chi connectivity index (χ1v) is 26.3. The van der Waals surface area contributed by atoms with E-state index in [0.717, 1.165) is 44.0 Å². The molecule has 3 aromatic rings. The number of morpholine rings is 1. The Kier molecular flexibility index (Phi) is 16.9. The summed E-state index contributed by atoms with van der Waals surface area (Å²) in [5.74, 6) is 2.25. The Hall–Kier alpha value is -5.61. The molecule has 18 heteroatoms. The normalized spacial score (nSPS) is 23.4. The minimum absolute atomic E-state index is 0.0200. The second kappa shape index (κ2) is 22.3. The van der Waals surface area contributed by atoms with Gasteiger partial charge < -0.3 is 38.8 Å². The maximum absolute atomic E-state index is 16.8. The first-order valence-electron chi connectivity index (χ1n) is 26.3. The molecule has 6 heterocycles. The maximum Gasteiger partial charge on any atom is 0.324 e. The number of methoxy groups -OCH3 is 1. The number of amides is 4. The van der Waals surface area contributed by atoms with Gasteiger partial charge in [0.2, 0.25) is 5.91 Å². The molecule has 404 valence electrons. The summed E-state index contributed by atoms with van der Waals surface area (Å²) in [5, 5.41) is 5.45. The monoisotopic (exact) mass is 1030 g/mol. The average molecular weight is 1030 g/mol. The fourth-order valence-corrected chi connectivity index (χ4v) is 10.9. The van der Waals surface area contributed by atoms with Crippen molar-refractivity contribution in [1.29, 1.82) is 0 Å². The zero-order valence-corrected chi connectivity index (χ0v) is 46.0. The molecule has 74 heavy (non-hydrogen) atoms. The Morgan fingerprint density at radius 1 is 1.05 bits per heavy atom. The van der Waals surface area contributed by atoms with E-state index in [1.54, 1.807) is 27.2 Å². The van der Waals surface area contributed by atoms with Crippen molar-refractivity contribution in [3.63, 3.8) is 0 Å². The van der Waals surface area contributed by atoms with Gasteiger partial charge in [-0.1, -0.05) is 33.6 Å². The van der Waals surface area contributed by atoms with Crippen LogP contribution in [0.3, 0.4) is 0 Å². The van der Waals surface area contributed by atoms with Crippen LogP contribution >= 0.6 is 0 Å². The number of rotatable bonds is 10. The third-order valence-electron chi connectivity index (χ3n) is 15.7. The number of carbonyl (C=O) groups is 5. The molecule has 7 rings (SSSR count). The number of aryl methyl sites for hydroxylation is 1. The summed E-state index contributed by atoms with van der Waals surface area (Å²) in [7, 11) is 6.83. The van der Waals surface area contributed by atoms with Crippen LogP contribution in [-0.2, 0) is 51.1 Å². The van der Waals surface area contributed by atoms with E-state index in [1.807, 2.05) is 52.8 Å². The van der Waals surface area contributed by atoms with Gasteiger partial charge in [0, 0.05) is 106 Å². The number of esters is 1. The number of halogens is 1. The highest BCUT2D eigenvalue weighted by Crippen LogP contribution is 2.42. The van der Waals surface area contributed by atoms with Crippen molar-refractivity contribution in [3.8, 4) is 23.1 Å². The molecule has 0 saturated carbocycles. The van der Waals surface area contributed by atoms with Crippen molar-refractivity contribution >= 4 is 46.2 Å². The minimum atomic E-state index is -2.34. The van der Waals surface area contributed by atoms with Gasteiger partial charge in [-0.25, -0.2) is 9.82 Å². The quantitative estimate of drug-likeness (QED) is 0.189. The number of aromatic nitrogens is 2. The zero-order valence-electron chi connectivity index (χ0n) is 46.0. The number of nitrogens with one attached hydrogen (secondary N) is 2. The third kappa shape index (κ3) is 11.9. The van der Waals surface area contributed by atoms with Crippen LogP contribution in [0.25, 0.3) is 22.2 Å². The summed E-state index contributed by atoms with van der Waals surface area (Å²) in [5.41, 5.74) is 4.65. The lowest BCUT2D eigenvalue weighted by Gasteiger charge is -2.44. The molecule has 0 aliphatic carbocycles. The maximum atomic E-state index is 16.8. The SMILES string of the molecule is CCn1c(-c2cccnc2[C@H](C)OC)c2c3cc(ccc31)N1CCO[C@@](C)(C[C@H](NC(=O)C(C(C)C)N(C)C(=O)C3(F)CCN(C(=O)C#CC(C)(C)N(C)C)CC3)C(=O)N3CCC[C@H](N3)C(=O)OCC(C)(C)C2)C1. The van der Waals surface area contributed by atoms with Crippen LogP contribution in [0.4, 0.5) is 10.1 Å². The number of anilines is 1. The molecule has 0 radical (unpaired) electrons. The number of cyclic esters (lactones) is 1. The van der Waals surface area contributed by atoms with Gasteiger partial charge in [-0.3, -0.25) is 38.9 Å². The summed E-state index contributed by atoms with van der Waals surface area (Å²) in [6.07, 6.45) is 2.51. The molecule has 0 spiro atoms. The largest absolute Gasteiger partial charge is 0.464 e. The van der Waals surface area contributed by atoms with E-state index >= 15 is 4.39 Å². The molecular formula is C56H80FN9O8. The van der Waals surface area contributed by atoms with Crippen molar-refractivity contribution < 1.29 is 42.6 Å². The van der Waals surface area contributed by atoms with Gasteiger partial charge >= 0.3 is 5.97 Å². The van der Waals surface area contributed by atoms with Crippen molar-refractivity contribution in [2.24, 2.45) is 11.3 Å². The molecule has 6 bridgehead atoms. The van der Waals surface area contributed by atoms with Gasteiger partial charge in [0.1, 0.15) is 18.1 Å². The number of ether oxygens (including phenoxy) is 3. The van der Waals surface area contributed by atoms with E-state index in [-0.39, 0.29) is 51.6 Å². The number of hydrazine groups is 1. The highest BCUT2D eigenvalue weighted by atomic mass is 19.1. The van der Waals surface area contributed by atoms with E-state index in [2.05, 4.69) is 77.1 Å². The number of hydrogen-bond acceptors (Lipinski definition) is 12. The lowest BCUT2D eigenvalue weighted by molar-refractivity contribution is -0.157. The number of benzene rings is 1. The molecule has 1 aromatic carbocycles. The number of fused-ring (bicyclic) bond motifs is 6. The molecule has 3 saturated heterocycles. The fourth-order valence-electron chi connectivity index (χ4n) is 10.9. The average Bonchev–Trinajstić information content (AvgIpc) is 3.67. The Bertz CT molecular complexity index is 2650. The number of likely N-dealkylation sites (tertiary alicyclic amines) is 1. The number of carbonyl (C=O) groups excluding carboxylic acids is 5. The highest BCUT2D eigenvalue weighted by Gasteiger charge is 2.48. The topological polar surface area (TPSA) is 171 Å².